The van der Waals surface area contributed by atoms with Gasteiger partial charge in [0.2, 0.25) is 0 Å². The predicted molar refractivity (Wildman–Crippen MR) is 75.0 cm³/mol. The summed E-state index contributed by atoms with van der Waals surface area (Å²) in [5.74, 6) is -0.262. The Morgan fingerprint density at radius 1 is 1.16 bits per heavy atom. The van der Waals surface area contributed by atoms with Crippen molar-refractivity contribution in [1.82, 2.24) is 5.32 Å². The molecule has 1 saturated carbocycles. The molecule has 0 aromatic rings. The summed E-state index contributed by atoms with van der Waals surface area (Å²) < 4.78 is 11.5. The third-order valence-electron chi connectivity index (χ3n) is 5.16. The number of hydrogen-bond acceptors (Lipinski definition) is 4. The van der Waals surface area contributed by atoms with E-state index in [9.17, 15) is 5.11 Å². The third kappa shape index (κ3) is 3.48. The van der Waals surface area contributed by atoms with Crippen molar-refractivity contribution in [2.75, 3.05) is 26.4 Å². The van der Waals surface area contributed by atoms with E-state index in [-0.39, 0.29) is 17.8 Å². The zero-order chi connectivity index (χ0) is 13.8. The van der Waals surface area contributed by atoms with Crippen LogP contribution < -0.4 is 5.32 Å². The van der Waals surface area contributed by atoms with Crippen LogP contribution in [0, 0.1) is 5.41 Å². The molecular formula is C15H29NO3. The van der Waals surface area contributed by atoms with Crippen molar-refractivity contribution in [3.63, 3.8) is 0 Å². The molecule has 1 heterocycles. The highest BCUT2D eigenvalue weighted by molar-refractivity contribution is 4.87. The van der Waals surface area contributed by atoms with Gasteiger partial charge < -0.3 is 19.9 Å². The Hall–Kier alpha value is -0.160. The maximum Gasteiger partial charge on any atom is 0.168 e. The summed E-state index contributed by atoms with van der Waals surface area (Å²) in [4.78, 5) is 0. The minimum absolute atomic E-state index is 0.0511. The lowest BCUT2D eigenvalue weighted by Crippen LogP contribution is -2.46. The van der Waals surface area contributed by atoms with Gasteiger partial charge in [0, 0.05) is 37.5 Å². The van der Waals surface area contributed by atoms with Gasteiger partial charge in [0.1, 0.15) is 0 Å². The third-order valence-corrected chi connectivity index (χ3v) is 5.16. The molecule has 0 radical (unpaired) electrons. The molecule has 0 unspecified atom stereocenters. The van der Waals surface area contributed by atoms with Crippen molar-refractivity contribution in [2.45, 2.75) is 64.2 Å². The molecule has 1 aliphatic heterocycles. The first-order chi connectivity index (χ1) is 9.17. The smallest absolute Gasteiger partial charge is 0.168 e. The Bertz CT molecular complexity index is 254. The van der Waals surface area contributed by atoms with E-state index in [1.807, 2.05) is 0 Å². The van der Waals surface area contributed by atoms with E-state index in [1.165, 1.54) is 0 Å². The van der Waals surface area contributed by atoms with Gasteiger partial charge in [-0.3, -0.25) is 0 Å². The van der Waals surface area contributed by atoms with E-state index < -0.39 is 0 Å². The molecular weight excluding hydrogens is 242 g/mol. The van der Waals surface area contributed by atoms with Gasteiger partial charge in [0.15, 0.2) is 5.79 Å². The summed E-state index contributed by atoms with van der Waals surface area (Å²) in [6, 6.07) is 0.544. The first-order valence-corrected chi connectivity index (χ1v) is 7.80. The Kier molecular flexibility index (Phi) is 5.23. The molecule has 2 rings (SSSR count). The molecule has 0 atom stereocenters. The molecule has 19 heavy (non-hydrogen) atoms. The molecule has 2 aliphatic rings. The highest BCUT2D eigenvalue weighted by Gasteiger charge is 2.40. The Morgan fingerprint density at radius 3 is 2.21 bits per heavy atom. The van der Waals surface area contributed by atoms with Crippen LogP contribution in [0.5, 0.6) is 0 Å². The first-order valence-electron chi connectivity index (χ1n) is 7.80. The fourth-order valence-electron chi connectivity index (χ4n) is 3.19. The maximum absolute atomic E-state index is 9.59. The molecule has 0 aromatic carbocycles. The fourth-order valence-corrected chi connectivity index (χ4v) is 3.19. The van der Waals surface area contributed by atoms with Crippen molar-refractivity contribution in [2.24, 2.45) is 5.41 Å². The van der Waals surface area contributed by atoms with Gasteiger partial charge in [0.25, 0.3) is 0 Å². The molecule has 1 saturated heterocycles. The van der Waals surface area contributed by atoms with Crippen molar-refractivity contribution in [3.8, 4) is 0 Å². The standard InChI is InChI=1S/C15H29NO3/c1-3-14(4-2,12-17)11-16-13-5-7-15(8-6-13)18-9-10-19-15/h13,16-17H,3-12H2,1-2H3. The quantitative estimate of drug-likeness (QED) is 0.776. The van der Waals surface area contributed by atoms with Crippen LogP contribution in [0.1, 0.15) is 52.4 Å². The monoisotopic (exact) mass is 271 g/mol. The summed E-state index contributed by atoms with van der Waals surface area (Å²) in [5.41, 5.74) is 0.0511. The minimum Gasteiger partial charge on any atom is -0.396 e. The van der Waals surface area contributed by atoms with Crippen LogP contribution in [-0.4, -0.2) is 43.3 Å². The molecule has 0 amide bonds. The van der Waals surface area contributed by atoms with Crippen molar-refractivity contribution < 1.29 is 14.6 Å². The normalized spacial score (nSPS) is 24.2. The number of rotatable bonds is 6. The molecule has 1 aliphatic carbocycles. The second kappa shape index (κ2) is 6.53. The first kappa shape index (κ1) is 15.2. The van der Waals surface area contributed by atoms with Gasteiger partial charge in [-0.15, -0.1) is 0 Å². The Balaban J connectivity index is 1.76. The van der Waals surface area contributed by atoms with Crippen molar-refractivity contribution >= 4 is 0 Å². The molecule has 2 N–H and O–H groups in total. The number of aliphatic hydroxyl groups excluding tert-OH is 1. The number of nitrogens with one attached hydrogen (secondary N) is 1. The molecule has 0 aromatic heterocycles. The van der Waals surface area contributed by atoms with Crippen LogP contribution in [0.15, 0.2) is 0 Å². The van der Waals surface area contributed by atoms with Crippen molar-refractivity contribution in [3.05, 3.63) is 0 Å². The van der Waals surface area contributed by atoms with Gasteiger partial charge in [-0.1, -0.05) is 13.8 Å². The highest BCUT2D eigenvalue weighted by atomic mass is 16.7. The Labute approximate surface area is 116 Å². The predicted octanol–water partition coefficient (Wildman–Crippen LogP) is 2.06. The van der Waals surface area contributed by atoms with E-state index in [0.29, 0.717) is 6.04 Å². The largest absolute Gasteiger partial charge is 0.396 e. The Morgan fingerprint density at radius 2 is 1.74 bits per heavy atom. The van der Waals surface area contributed by atoms with Crippen LogP contribution in [0.2, 0.25) is 0 Å². The van der Waals surface area contributed by atoms with E-state index in [0.717, 1.165) is 58.3 Å². The summed E-state index contributed by atoms with van der Waals surface area (Å²) in [6.45, 7) is 7.01. The molecule has 0 bridgehead atoms. The van der Waals surface area contributed by atoms with Crippen LogP contribution in [0.3, 0.4) is 0 Å². The summed E-state index contributed by atoms with van der Waals surface area (Å²) in [7, 11) is 0. The highest BCUT2D eigenvalue weighted by Crippen LogP contribution is 2.36. The zero-order valence-electron chi connectivity index (χ0n) is 12.4. The van der Waals surface area contributed by atoms with Crippen molar-refractivity contribution in [1.29, 1.82) is 0 Å². The van der Waals surface area contributed by atoms with Gasteiger partial charge >= 0.3 is 0 Å². The molecule has 4 heteroatoms. The molecule has 112 valence electrons. The molecule has 4 nitrogen and oxygen atoms in total. The maximum atomic E-state index is 9.59. The lowest BCUT2D eigenvalue weighted by molar-refractivity contribution is -0.179. The average molecular weight is 271 g/mol. The zero-order valence-corrected chi connectivity index (χ0v) is 12.4. The van der Waals surface area contributed by atoms with E-state index >= 15 is 0 Å². The lowest BCUT2D eigenvalue weighted by atomic mass is 9.82. The van der Waals surface area contributed by atoms with Gasteiger partial charge in [-0.2, -0.15) is 0 Å². The topological polar surface area (TPSA) is 50.7 Å². The van der Waals surface area contributed by atoms with Crippen LogP contribution in [0.25, 0.3) is 0 Å². The summed E-state index contributed by atoms with van der Waals surface area (Å²) in [6.07, 6.45) is 6.25. The average Bonchev–Trinajstić information content (AvgIpc) is 2.91. The minimum atomic E-state index is -0.262. The number of aliphatic hydroxyl groups is 1. The second-order valence-electron chi connectivity index (χ2n) is 6.13. The summed E-state index contributed by atoms with van der Waals surface area (Å²) >= 11 is 0. The molecule has 2 fully saturated rings. The number of hydrogen-bond donors (Lipinski definition) is 2. The van der Waals surface area contributed by atoms with E-state index in [4.69, 9.17) is 9.47 Å². The van der Waals surface area contributed by atoms with Gasteiger partial charge in [0.05, 0.1) is 13.2 Å². The fraction of sp³-hybridized carbons (Fsp3) is 1.00. The molecule has 1 spiro atoms. The second-order valence-corrected chi connectivity index (χ2v) is 6.13. The number of ether oxygens (including phenoxy) is 2. The lowest BCUT2D eigenvalue weighted by Gasteiger charge is -2.38. The van der Waals surface area contributed by atoms with Gasteiger partial charge in [-0.05, 0) is 25.7 Å². The van der Waals surface area contributed by atoms with E-state index in [1.54, 1.807) is 0 Å². The van der Waals surface area contributed by atoms with Crippen LogP contribution >= 0.6 is 0 Å². The van der Waals surface area contributed by atoms with Gasteiger partial charge in [-0.25, -0.2) is 0 Å². The summed E-state index contributed by atoms with van der Waals surface area (Å²) in [5, 5.41) is 13.2. The van der Waals surface area contributed by atoms with Crippen LogP contribution in [-0.2, 0) is 9.47 Å². The van der Waals surface area contributed by atoms with Crippen LogP contribution in [0.4, 0.5) is 0 Å². The SMILES string of the molecule is CCC(CC)(CO)CNC1CCC2(CC1)OCCO2. The van der Waals surface area contributed by atoms with E-state index in [2.05, 4.69) is 19.2 Å².